The number of carbonyl (C=O) groups excluding carboxylic acids is 1. The molecule has 0 aliphatic carbocycles. The summed E-state index contributed by atoms with van der Waals surface area (Å²) in [5, 5.41) is 0. The molecule has 35 heavy (non-hydrogen) atoms. The lowest BCUT2D eigenvalue weighted by atomic mass is 10.0. The fourth-order valence-electron chi connectivity index (χ4n) is 3.75. The number of benzene rings is 2. The number of nitrogens with zero attached hydrogens (tertiary/aromatic N) is 3. The number of ether oxygens (including phenoxy) is 1. The van der Waals surface area contributed by atoms with E-state index in [0.29, 0.717) is 19.4 Å². The van der Waals surface area contributed by atoms with Crippen LogP contribution in [-0.4, -0.2) is 55.2 Å². The first-order valence-corrected chi connectivity index (χ1v) is 13.5. The molecule has 186 valence electrons. The van der Waals surface area contributed by atoms with Gasteiger partial charge in [-0.2, -0.15) is 0 Å². The van der Waals surface area contributed by atoms with Crippen molar-refractivity contribution in [2.45, 2.75) is 38.2 Å². The second-order valence-electron chi connectivity index (χ2n) is 8.59. The van der Waals surface area contributed by atoms with E-state index in [1.807, 2.05) is 60.7 Å². The lowest BCUT2D eigenvalue weighted by molar-refractivity contribution is -0.124. The van der Waals surface area contributed by atoms with E-state index >= 15 is 0 Å². The largest absolute Gasteiger partial charge is 0.366 e. The minimum absolute atomic E-state index is 0.112. The van der Waals surface area contributed by atoms with E-state index in [-0.39, 0.29) is 12.6 Å². The third-order valence-electron chi connectivity index (χ3n) is 5.46. The smallest absolute Gasteiger partial charge is 0.262 e. The summed E-state index contributed by atoms with van der Waals surface area (Å²) >= 11 is 0. The molecule has 1 aromatic heterocycles. The Labute approximate surface area is 207 Å². The predicted octanol–water partition coefficient (Wildman–Crippen LogP) is 3.68. The highest BCUT2D eigenvalue weighted by Crippen LogP contribution is 2.31. The molecule has 0 radical (unpaired) electrons. The zero-order valence-electron chi connectivity index (χ0n) is 20.3. The van der Waals surface area contributed by atoms with Crippen LogP contribution in [0.3, 0.4) is 0 Å². The predicted molar refractivity (Wildman–Crippen MR) is 138 cm³/mol. The zero-order valence-corrected chi connectivity index (χ0v) is 21.1. The van der Waals surface area contributed by atoms with Gasteiger partial charge in [0.2, 0.25) is 5.44 Å². The van der Waals surface area contributed by atoms with Crippen LogP contribution in [0.15, 0.2) is 66.9 Å². The Morgan fingerprint density at radius 1 is 0.971 bits per heavy atom. The molecule has 1 unspecified atom stereocenters. The maximum absolute atomic E-state index is 11.6. The van der Waals surface area contributed by atoms with Crippen molar-refractivity contribution in [1.29, 1.82) is 0 Å². The van der Waals surface area contributed by atoms with E-state index in [9.17, 15) is 13.2 Å². The number of anilines is 1. The number of carbonyl (C=O) groups is 1. The van der Waals surface area contributed by atoms with Crippen molar-refractivity contribution in [3.63, 3.8) is 0 Å². The number of amides is 1. The van der Waals surface area contributed by atoms with Gasteiger partial charge in [0.1, 0.15) is 5.82 Å². The number of hydrogen-bond acceptors (Lipinski definition) is 7. The Bertz CT molecular complexity index is 1220. The van der Waals surface area contributed by atoms with Crippen molar-refractivity contribution < 1.29 is 17.9 Å². The summed E-state index contributed by atoms with van der Waals surface area (Å²) in [4.78, 5) is 23.3. The molecule has 1 atom stereocenters. The normalized spacial score (nSPS) is 12.5. The average molecular weight is 497 g/mol. The van der Waals surface area contributed by atoms with Crippen LogP contribution in [-0.2, 0) is 19.4 Å². The average Bonchev–Trinajstić information content (AvgIpc) is 2.83. The van der Waals surface area contributed by atoms with Crippen LogP contribution in [0.25, 0.3) is 22.5 Å². The van der Waals surface area contributed by atoms with E-state index in [1.165, 1.54) is 0 Å². The minimum Gasteiger partial charge on any atom is -0.366 e. The van der Waals surface area contributed by atoms with Crippen LogP contribution in [0.1, 0.15) is 26.7 Å². The molecule has 0 saturated heterocycles. The van der Waals surface area contributed by atoms with Gasteiger partial charge in [-0.25, -0.2) is 13.4 Å². The number of aromatic nitrogens is 2. The summed E-state index contributed by atoms with van der Waals surface area (Å²) in [7, 11) is -3.71. The molecule has 3 rings (SSSR count). The third-order valence-corrected chi connectivity index (χ3v) is 6.60. The Morgan fingerprint density at radius 2 is 1.54 bits per heavy atom. The van der Waals surface area contributed by atoms with Gasteiger partial charge in [-0.1, -0.05) is 60.7 Å². The van der Waals surface area contributed by atoms with Crippen LogP contribution >= 0.6 is 0 Å². The summed E-state index contributed by atoms with van der Waals surface area (Å²) in [5.74, 6) is -0.246. The van der Waals surface area contributed by atoms with Gasteiger partial charge in [-0.3, -0.25) is 9.78 Å². The van der Waals surface area contributed by atoms with Crippen molar-refractivity contribution >= 4 is 21.6 Å². The van der Waals surface area contributed by atoms with Crippen molar-refractivity contribution in [3.05, 3.63) is 66.9 Å². The fraction of sp³-hybridized carbons (Fsp3) is 0.346. The molecular formula is C26H32N4O4S. The highest BCUT2D eigenvalue weighted by Gasteiger charge is 2.27. The van der Waals surface area contributed by atoms with Gasteiger partial charge in [0.05, 0.1) is 17.6 Å². The molecule has 8 nitrogen and oxygen atoms in total. The molecule has 0 bridgehead atoms. The number of unbranched alkanes of at least 4 members (excludes halogenated alkanes) is 1. The van der Waals surface area contributed by atoms with Gasteiger partial charge >= 0.3 is 0 Å². The second kappa shape index (κ2) is 11.9. The van der Waals surface area contributed by atoms with Crippen LogP contribution in [0.4, 0.5) is 5.82 Å². The van der Waals surface area contributed by atoms with Gasteiger partial charge < -0.3 is 15.4 Å². The second-order valence-corrected chi connectivity index (χ2v) is 10.7. The molecule has 2 N–H and O–H groups in total. The summed E-state index contributed by atoms with van der Waals surface area (Å²) < 4.78 is 28.5. The first-order chi connectivity index (χ1) is 16.7. The molecule has 0 fully saturated rings. The van der Waals surface area contributed by atoms with Crippen molar-refractivity contribution in [2.24, 2.45) is 5.73 Å². The lowest BCUT2D eigenvalue weighted by Gasteiger charge is -2.28. The molecule has 9 heteroatoms. The van der Waals surface area contributed by atoms with Crippen LogP contribution in [0.5, 0.6) is 0 Å². The Morgan fingerprint density at radius 3 is 2.06 bits per heavy atom. The first kappa shape index (κ1) is 26.3. The molecule has 0 saturated carbocycles. The fourth-order valence-corrected chi connectivity index (χ4v) is 4.52. The van der Waals surface area contributed by atoms with E-state index < -0.39 is 21.2 Å². The highest BCUT2D eigenvalue weighted by molar-refractivity contribution is 7.91. The van der Waals surface area contributed by atoms with E-state index in [2.05, 4.69) is 18.7 Å². The molecule has 0 aliphatic heterocycles. The van der Waals surface area contributed by atoms with Crippen molar-refractivity contribution in [2.75, 3.05) is 24.3 Å². The van der Waals surface area contributed by atoms with Crippen LogP contribution < -0.4 is 10.6 Å². The SMILES string of the molecule is CC(C)N(CCCCOC(C(N)=O)S(C)(=O)=O)c1cnc(-c2ccccc2)c(-c2ccccc2)n1. The maximum Gasteiger partial charge on any atom is 0.262 e. The minimum atomic E-state index is -3.71. The van der Waals surface area contributed by atoms with E-state index in [4.69, 9.17) is 20.4 Å². The summed E-state index contributed by atoms with van der Waals surface area (Å²) in [6.07, 6.45) is 3.99. The summed E-state index contributed by atoms with van der Waals surface area (Å²) in [6, 6.07) is 20.1. The van der Waals surface area contributed by atoms with Gasteiger partial charge in [0, 0.05) is 36.6 Å². The topological polar surface area (TPSA) is 115 Å². The molecule has 2 aromatic carbocycles. The maximum atomic E-state index is 11.6. The number of nitrogens with two attached hydrogens (primary N) is 1. The van der Waals surface area contributed by atoms with Gasteiger partial charge in [0.25, 0.3) is 5.91 Å². The molecule has 3 aromatic rings. The zero-order chi connectivity index (χ0) is 25.4. The third kappa shape index (κ3) is 7.10. The quantitative estimate of drug-likeness (QED) is 0.380. The lowest BCUT2D eigenvalue weighted by Crippen LogP contribution is -2.38. The van der Waals surface area contributed by atoms with Crippen LogP contribution in [0.2, 0.25) is 0 Å². The number of sulfone groups is 1. The van der Waals surface area contributed by atoms with E-state index in [1.54, 1.807) is 6.20 Å². The summed E-state index contributed by atoms with van der Waals surface area (Å²) in [5.41, 5.74) is 7.13. The highest BCUT2D eigenvalue weighted by atomic mass is 32.2. The first-order valence-electron chi connectivity index (χ1n) is 11.5. The van der Waals surface area contributed by atoms with Crippen LogP contribution in [0, 0.1) is 0 Å². The Kier molecular flexibility index (Phi) is 8.95. The Hall–Kier alpha value is -3.30. The summed E-state index contributed by atoms with van der Waals surface area (Å²) in [6.45, 7) is 4.94. The molecular weight excluding hydrogens is 464 g/mol. The number of rotatable bonds is 12. The van der Waals surface area contributed by atoms with E-state index in [0.717, 1.165) is 34.6 Å². The van der Waals surface area contributed by atoms with Gasteiger partial charge in [-0.05, 0) is 26.7 Å². The van der Waals surface area contributed by atoms with Gasteiger partial charge in [-0.15, -0.1) is 0 Å². The van der Waals surface area contributed by atoms with Crippen molar-refractivity contribution in [3.8, 4) is 22.5 Å². The monoisotopic (exact) mass is 496 g/mol. The number of hydrogen-bond donors (Lipinski definition) is 1. The number of primary amides is 1. The van der Waals surface area contributed by atoms with Crippen molar-refractivity contribution in [1.82, 2.24) is 9.97 Å². The standard InChI is InChI=1S/C26H32N4O4S/c1-19(2)30(16-10-11-17-34-26(25(27)31)35(3,32)33)22-18-28-23(20-12-6-4-7-13-20)24(29-22)21-14-8-5-9-15-21/h4-9,12-15,18-19,26H,10-11,16-17H2,1-3H3,(H2,27,31). The molecule has 1 heterocycles. The Balaban J connectivity index is 1.78. The molecule has 0 spiro atoms. The molecule has 0 aliphatic rings. The molecule has 1 amide bonds. The van der Waals surface area contributed by atoms with Gasteiger partial charge in [0.15, 0.2) is 9.84 Å².